The Morgan fingerprint density at radius 2 is 1.95 bits per heavy atom. The molecule has 1 atom stereocenters. The highest BCUT2D eigenvalue weighted by Gasteiger charge is 2.31. The normalized spacial score (nSPS) is 20.7. The van der Waals surface area contributed by atoms with Crippen LogP contribution < -0.4 is 10.5 Å². The smallest absolute Gasteiger partial charge is 0.406 e. The zero-order chi connectivity index (χ0) is 13.9. The maximum absolute atomic E-state index is 12.0. The van der Waals surface area contributed by atoms with Crippen molar-refractivity contribution in [3.63, 3.8) is 0 Å². The summed E-state index contributed by atoms with van der Waals surface area (Å²) >= 11 is 0. The van der Waals surface area contributed by atoms with Crippen molar-refractivity contribution in [3.8, 4) is 5.75 Å². The molecule has 3 nitrogen and oxygen atoms in total. The minimum absolute atomic E-state index is 0.183. The summed E-state index contributed by atoms with van der Waals surface area (Å²) in [7, 11) is 0. The van der Waals surface area contributed by atoms with Gasteiger partial charge in [0.1, 0.15) is 5.75 Å². The Morgan fingerprint density at radius 1 is 1.26 bits per heavy atom. The van der Waals surface area contributed by atoms with Gasteiger partial charge >= 0.3 is 6.36 Å². The van der Waals surface area contributed by atoms with Crippen molar-refractivity contribution >= 4 is 0 Å². The van der Waals surface area contributed by atoms with Crippen molar-refractivity contribution in [2.45, 2.75) is 19.3 Å². The van der Waals surface area contributed by atoms with Gasteiger partial charge in [-0.05, 0) is 43.1 Å². The highest BCUT2D eigenvalue weighted by Crippen LogP contribution is 2.24. The fourth-order valence-corrected chi connectivity index (χ4v) is 2.30. The number of alkyl halides is 3. The van der Waals surface area contributed by atoms with E-state index in [1.165, 1.54) is 12.1 Å². The molecule has 0 aliphatic carbocycles. The van der Waals surface area contributed by atoms with E-state index < -0.39 is 6.36 Å². The molecule has 1 saturated heterocycles. The van der Waals surface area contributed by atoms with Gasteiger partial charge in [0.15, 0.2) is 0 Å². The van der Waals surface area contributed by atoms with Gasteiger partial charge in [-0.25, -0.2) is 0 Å². The lowest BCUT2D eigenvalue weighted by atomic mass is 10.1. The van der Waals surface area contributed by atoms with Gasteiger partial charge in [0.2, 0.25) is 0 Å². The molecule has 1 aromatic rings. The van der Waals surface area contributed by atoms with Crippen LogP contribution in [0.4, 0.5) is 13.2 Å². The van der Waals surface area contributed by atoms with Crippen LogP contribution in [0.25, 0.3) is 0 Å². The molecule has 0 saturated carbocycles. The molecule has 0 bridgehead atoms. The Balaban J connectivity index is 1.89. The molecular formula is C13H17F3N2O. The molecule has 1 aromatic carbocycles. The first-order chi connectivity index (χ1) is 8.96. The van der Waals surface area contributed by atoms with Gasteiger partial charge in [0.05, 0.1) is 0 Å². The van der Waals surface area contributed by atoms with Crippen molar-refractivity contribution in [2.75, 3.05) is 19.6 Å². The summed E-state index contributed by atoms with van der Waals surface area (Å²) in [6.45, 7) is 3.37. The molecule has 6 heteroatoms. The number of hydrogen-bond acceptors (Lipinski definition) is 3. The predicted octanol–water partition coefficient (Wildman–Crippen LogP) is 2.37. The first-order valence-corrected chi connectivity index (χ1v) is 6.23. The maximum atomic E-state index is 12.0. The number of rotatable bonds is 4. The van der Waals surface area contributed by atoms with Crippen LogP contribution in [-0.4, -0.2) is 30.9 Å². The number of benzene rings is 1. The molecule has 1 fully saturated rings. The van der Waals surface area contributed by atoms with Crippen LogP contribution in [0.15, 0.2) is 24.3 Å². The van der Waals surface area contributed by atoms with Gasteiger partial charge in [-0.15, -0.1) is 13.2 Å². The van der Waals surface area contributed by atoms with Crippen LogP contribution >= 0.6 is 0 Å². The Hall–Kier alpha value is -1.27. The van der Waals surface area contributed by atoms with Gasteiger partial charge in [0, 0.05) is 13.1 Å². The Morgan fingerprint density at radius 3 is 2.47 bits per heavy atom. The van der Waals surface area contributed by atoms with Crippen molar-refractivity contribution in [1.29, 1.82) is 0 Å². The highest BCUT2D eigenvalue weighted by molar-refractivity contribution is 5.27. The number of likely N-dealkylation sites (tertiary alicyclic amines) is 1. The predicted molar refractivity (Wildman–Crippen MR) is 65.6 cm³/mol. The Bertz CT molecular complexity index is 405. The van der Waals surface area contributed by atoms with E-state index >= 15 is 0 Å². The second kappa shape index (κ2) is 5.79. The SMILES string of the molecule is NC[C@@H]1CCN(Cc2ccc(OC(F)(F)F)cc2)C1. The topological polar surface area (TPSA) is 38.5 Å². The zero-order valence-electron chi connectivity index (χ0n) is 10.5. The Labute approximate surface area is 110 Å². The third-order valence-electron chi connectivity index (χ3n) is 3.27. The maximum Gasteiger partial charge on any atom is 0.573 e. The lowest BCUT2D eigenvalue weighted by Crippen LogP contribution is -2.22. The van der Waals surface area contributed by atoms with E-state index in [0.29, 0.717) is 12.5 Å². The molecule has 1 aliphatic heterocycles. The molecule has 0 aromatic heterocycles. The molecule has 0 radical (unpaired) electrons. The number of ether oxygens (including phenoxy) is 1. The Kier molecular flexibility index (Phi) is 4.31. The molecule has 0 amide bonds. The second-order valence-corrected chi connectivity index (χ2v) is 4.82. The van der Waals surface area contributed by atoms with Crippen molar-refractivity contribution in [2.24, 2.45) is 11.7 Å². The van der Waals surface area contributed by atoms with Crippen molar-refractivity contribution in [3.05, 3.63) is 29.8 Å². The average molecular weight is 274 g/mol. The van der Waals surface area contributed by atoms with Gasteiger partial charge in [-0.2, -0.15) is 0 Å². The quantitative estimate of drug-likeness (QED) is 0.916. The van der Waals surface area contributed by atoms with Crippen LogP contribution in [-0.2, 0) is 6.54 Å². The minimum atomic E-state index is -4.63. The first kappa shape index (κ1) is 14.1. The molecule has 0 spiro atoms. The third kappa shape index (κ3) is 4.40. The molecule has 2 N–H and O–H groups in total. The highest BCUT2D eigenvalue weighted by atomic mass is 19.4. The fraction of sp³-hybridized carbons (Fsp3) is 0.538. The standard InChI is InChI=1S/C13H17F3N2O/c14-13(15,16)19-12-3-1-10(2-4-12)8-18-6-5-11(7-17)9-18/h1-4,11H,5-9,17H2/t11-/m0/s1. The van der Waals surface area contributed by atoms with E-state index in [1.807, 2.05) is 0 Å². The van der Waals surface area contributed by atoms with E-state index in [9.17, 15) is 13.2 Å². The molecule has 19 heavy (non-hydrogen) atoms. The van der Waals surface area contributed by atoms with E-state index in [-0.39, 0.29) is 5.75 Å². The van der Waals surface area contributed by atoms with E-state index in [2.05, 4.69) is 9.64 Å². The van der Waals surface area contributed by atoms with Gasteiger partial charge in [-0.1, -0.05) is 12.1 Å². The van der Waals surface area contributed by atoms with Gasteiger partial charge < -0.3 is 10.5 Å². The van der Waals surface area contributed by atoms with Crippen LogP contribution in [0.5, 0.6) is 5.75 Å². The largest absolute Gasteiger partial charge is 0.573 e. The number of hydrogen-bond donors (Lipinski definition) is 1. The second-order valence-electron chi connectivity index (χ2n) is 4.82. The summed E-state index contributed by atoms with van der Waals surface area (Å²) in [5.74, 6) is 0.352. The minimum Gasteiger partial charge on any atom is -0.406 e. The zero-order valence-corrected chi connectivity index (χ0v) is 10.5. The summed E-state index contributed by atoms with van der Waals surface area (Å²) in [4.78, 5) is 2.26. The molecule has 2 rings (SSSR count). The first-order valence-electron chi connectivity index (χ1n) is 6.23. The number of nitrogens with zero attached hydrogens (tertiary/aromatic N) is 1. The van der Waals surface area contributed by atoms with E-state index in [0.717, 1.165) is 31.6 Å². The van der Waals surface area contributed by atoms with Crippen LogP contribution in [0, 0.1) is 5.92 Å². The molecule has 0 unspecified atom stereocenters. The van der Waals surface area contributed by atoms with Crippen molar-refractivity contribution < 1.29 is 17.9 Å². The molecular weight excluding hydrogens is 257 g/mol. The molecule has 1 heterocycles. The third-order valence-corrected chi connectivity index (χ3v) is 3.27. The molecule has 1 aliphatic rings. The van der Waals surface area contributed by atoms with Crippen molar-refractivity contribution in [1.82, 2.24) is 4.90 Å². The number of nitrogens with two attached hydrogens (primary N) is 1. The van der Waals surface area contributed by atoms with Gasteiger partial charge in [0.25, 0.3) is 0 Å². The number of halogens is 3. The van der Waals surface area contributed by atoms with E-state index in [4.69, 9.17) is 5.73 Å². The monoisotopic (exact) mass is 274 g/mol. The summed E-state index contributed by atoms with van der Waals surface area (Å²) < 4.78 is 39.9. The fourth-order valence-electron chi connectivity index (χ4n) is 2.30. The summed E-state index contributed by atoms with van der Waals surface area (Å²) in [6.07, 6.45) is -3.55. The summed E-state index contributed by atoms with van der Waals surface area (Å²) in [6, 6.07) is 6.02. The lowest BCUT2D eigenvalue weighted by molar-refractivity contribution is -0.274. The van der Waals surface area contributed by atoms with Crippen LogP contribution in [0.1, 0.15) is 12.0 Å². The summed E-state index contributed by atoms with van der Waals surface area (Å²) in [5.41, 5.74) is 6.60. The average Bonchev–Trinajstić information content (AvgIpc) is 2.77. The van der Waals surface area contributed by atoms with Gasteiger partial charge in [-0.3, -0.25) is 4.90 Å². The summed E-state index contributed by atoms with van der Waals surface area (Å²) in [5, 5.41) is 0. The lowest BCUT2D eigenvalue weighted by Gasteiger charge is -2.16. The molecule has 106 valence electrons. The van der Waals surface area contributed by atoms with Crippen LogP contribution in [0.3, 0.4) is 0 Å². The van der Waals surface area contributed by atoms with E-state index in [1.54, 1.807) is 12.1 Å². The van der Waals surface area contributed by atoms with Crippen LogP contribution in [0.2, 0.25) is 0 Å².